The highest BCUT2D eigenvalue weighted by molar-refractivity contribution is 5.93. The van der Waals surface area contributed by atoms with Crippen LogP contribution in [0.2, 0.25) is 0 Å². The summed E-state index contributed by atoms with van der Waals surface area (Å²) in [7, 11) is 0. The SMILES string of the molecule is NC(=O)[C@@H](Cc1ccc(OCc2ccccc2)c(OCc2ccccc2)c1)NC(=O)[C@H]1CCC(=O)N1. The first-order chi connectivity index (χ1) is 17.5. The van der Waals surface area contributed by atoms with Crippen LogP contribution in [0.15, 0.2) is 78.9 Å². The first kappa shape index (κ1) is 24.8. The Hall–Kier alpha value is -4.33. The first-order valence-electron chi connectivity index (χ1n) is 11.8. The summed E-state index contributed by atoms with van der Waals surface area (Å²) in [4.78, 5) is 36.1. The number of rotatable bonds is 11. The van der Waals surface area contributed by atoms with Gasteiger partial charge in [0.05, 0.1) is 0 Å². The lowest BCUT2D eigenvalue weighted by atomic mass is 10.0. The standard InChI is InChI=1S/C28H29N3O5/c29-27(33)23(31-28(34)22-12-14-26(32)30-22)15-21-11-13-24(35-17-19-7-3-1-4-8-19)25(16-21)36-18-20-9-5-2-6-10-20/h1-11,13,16,22-23H,12,14-15,17-18H2,(H2,29,33)(H,30,32)(H,31,34)/t22-,23-/m1/s1. The highest BCUT2D eigenvalue weighted by Crippen LogP contribution is 2.30. The average Bonchev–Trinajstić information content (AvgIpc) is 3.34. The van der Waals surface area contributed by atoms with Gasteiger partial charge >= 0.3 is 0 Å². The van der Waals surface area contributed by atoms with Crippen LogP contribution in [0.25, 0.3) is 0 Å². The molecule has 0 unspecified atom stereocenters. The molecule has 4 N–H and O–H groups in total. The van der Waals surface area contributed by atoms with Crippen LogP contribution in [0, 0.1) is 0 Å². The summed E-state index contributed by atoms with van der Waals surface area (Å²) in [6, 6.07) is 23.4. The van der Waals surface area contributed by atoms with E-state index in [9.17, 15) is 14.4 Å². The number of nitrogens with two attached hydrogens (primary N) is 1. The molecule has 0 aliphatic carbocycles. The van der Waals surface area contributed by atoms with E-state index in [0.717, 1.165) is 16.7 Å². The van der Waals surface area contributed by atoms with Crippen LogP contribution in [0.1, 0.15) is 29.5 Å². The van der Waals surface area contributed by atoms with Gasteiger partial charge in [0.15, 0.2) is 11.5 Å². The predicted molar refractivity (Wildman–Crippen MR) is 134 cm³/mol. The summed E-state index contributed by atoms with van der Waals surface area (Å²) in [5.74, 6) is -0.189. The van der Waals surface area contributed by atoms with Crippen LogP contribution in [0.5, 0.6) is 11.5 Å². The van der Waals surface area contributed by atoms with Crippen molar-refractivity contribution in [1.82, 2.24) is 10.6 Å². The number of carbonyl (C=O) groups excluding carboxylic acids is 3. The Morgan fingerprint density at radius 2 is 1.50 bits per heavy atom. The zero-order chi connectivity index (χ0) is 25.3. The second-order valence-corrected chi connectivity index (χ2v) is 8.66. The van der Waals surface area contributed by atoms with Crippen molar-refractivity contribution < 1.29 is 23.9 Å². The molecule has 1 saturated heterocycles. The van der Waals surface area contributed by atoms with Crippen molar-refractivity contribution in [3.8, 4) is 11.5 Å². The molecule has 36 heavy (non-hydrogen) atoms. The van der Waals surface area contributed by atoms with Crippen LogP contribution >= 0.6 is 0 Å². The highest BCUT2D eigenvalue weighted by Gasteiger charge is 2.30. The van der Waals surface area contributed by atoms with Crippen molar-refractivity contribution in [1.29, 1.82) is 0 Å². The Morgan fingerprint density at radius 3 is 2.06 bits per heavy atom. The number of hydrogen-bond donors (Lipinski definition) is 3. The summed E-state index contributed by atoms with van der Waals surface area (Å²) < 4.78 is 12.1. The van der Waals surface area contributed by atoms with E-state index in [0.29, 0.717) is 31.1 Å². The fraction of sp³-hybridized carbons (Fsp3) is 0.250. The Bertz CT molecular complexity index is 1200. The lowest BCUT2D eigenvalue weighted by Crippen LogP contribution is -2.51. The third kappa shape index (κ3) is 6.85. The fourth-order valence-electron chi connectivity index (χ4n) is 3.92. The van der Waals surface area contributed by atoms with Crippen LogP contribution in [0.4, 0.5) is 0 Å². The minimum atomic E-state index is -0.937. The minimum absolute atomic E-state index is 0.169. The molecule has 2 atom stereocenters. The van der Waals surface area contributed by atoms with Crippen molar-refractivity contribution in [3.05, 3.63) is 95.6 Å². The molecular weight excluding hydrogens is 458 g/mol. The van der Waals surface area contributed by atoms with E-state index in [-0.39, 0.29) is 18.7 Å². The first-order valence-corrected chi connectivity index (χ1v) is 11.8. The molecule has 0 bridgehead atoms. The van der Waals surface area contributed by atoms with E-state index < -0.39 is 23.9 Å². The van der Waals surface area contributed by atoms with Gasteiger partial charge in [-0.25, -0.2) is 0 Å². The molecule has 1 fully saturated rings. The monoisotopic (exact) mass is 487 g/mol. The average molecular weight is 488 g/mol. The molecule has 3 aromatic carbocycles. The lowest BCUT2D eigenvalue weighted by Gasteiger charge is -2.19. The minimum Gasteiger partial charge on any atom is -0.485 e. The third-order valence-corrected chi connectivity index (χ3v) is 5.89. The maximum atomic E-state index is 12.5. The number of ether oxygens (including phenoxy) is 2. The van der Waals surface area contributed by atoms with Gasteiger partial charge in [-0.05, 0) is 35.2 Å². The molecule has 1 heterocycles. The summed E-state index contributed by atoms with van der Waals surface area (Å²) in [6.07, 6.45) is 0.843. The quantitative estimate of drug-likeness (QED) is 0.384. The molecule has 0 aromatic heterocycles. The molecule has 0 radical (unpaired) electrons. The van der Waals surface area contributed by atoms with Gasteiger partial charge < -0.3 is 25.8 Å². The molecule has 186 valence electrons. The zero-order valence-corrected chi connectivity index (χ0v) is 19.8. The van der Waals surface area contributed by atoms with Gasteiger partial charge in [-0.2, -0.15) is 0 Å². The van der Waals surface area contributed by atoms with Crippen LogP contribution in [-0.4, -0.2) is 29.8 Å². The van der Waals surface area contributed by atoms with Gasteiger partial charge in [0.2, 0.25) is 17.7 Å². The molecule has 0 saturated carbocycles. The van der Waals surface area contributed by atoms with E-state index in [4.69, 9.17) is 15.2 Å². The van der Waals surface area contributed by atoms with E-state index >= 15 is 0 Å². The fourth-order valence-corrected chi connectivity index (χ4v) is 3.92. The third-order valence-electron chi connectivity index (χ3n) is 5.89. The van der Waals surface area contributed by atoms with Crippen molar-refractivity contribution >= 4 is 17.7 Å². The Kier molecular flexibility index (Phi) is 8.18. The van der Waals surface area contributed by atoms with E-state index in [1.54, 1.807) is 12.1 Å². The number of primary amides is 1. The van der Waals surface area contributed by atoms with E-state index in [2.05, 4.69) is 10.6 Å². The molecule has 1 aliphatic rings. The second-order valence-electron chi connectivity index (χ2n) is 8.66. The van der Waals surface area contributed by atoms with Gasteiger partial charge in [0.1, 0.15) is 25.3 Å². The van der Waals surface area contributed by atoms with Gasteiger partial charge in [0, 0.05) is 12.8 Å². The largest absolute Gasteiger partial charge is 0.485 e. The normalized spacial score (nSPS) is 15.6. The Morgan fingerprint density at radius 1 is 0.889 bits per heavy atom. The summed E-state index contributed by atoms with van der Waals surface area (Å²) in [5, 5.41) is 5.26. The van der Waals surface area contributed by atoms with E-state index in [1.807, 2.05) is 66.7 Å². The highest BCUT2D eigenvalue weighted by atomic mass is 16.5. The number of hydrogen-bond acceptors (Lipinski definition) is 5. The molecule has 3 aromatic rings. The van der Waals surface area contributed by atoms with Crippen LogP contribution in [0.3, 0.4) is 0 Å². The smallest absolute Gasteiger partial charge is 0.243 e. The van der Waals surface area contributed by atoms with Crippen molar-refractivity contribution in [2.75, 3.05) is 0 Å². The number of amides is 3. The topological polar surface area (TPSA) is 120 Å². The molecule has 3 amide bonds. The van der Waals surface area contributed by atoms with Crippen LogP contribution in [-0.2, 0) is 34.0 Å². The van der Waals surface area contributed by atoms with Gasteiger partial charge in [-0.15, -0.1) is 0 Å². The van der Waals surface area contributed by atoms with E-state index in [1.165, 1.54) is 0 Å². The van der Waals surface area contributed by atoms with Gasteiger partial charge in [0.25, 0.3) is 0 Å². The Labute approximate surface area is 209 Å². The van der Waals surface area contributed by atoms with Crippen molar-refractivity contribution in [3.63, 3.8) is 0 Å². The zero-order valence-electron chi connectivity index (χ0n) is 19.8. The summed E-state index contributed by atoms with van der Waals surface area (Å²) in [5.41, 5.74) is 8.33. The summed E-state index contributed by atoms with van der Waals surface area (Å²) >= 11 is 0. The number of nitrogens with one attached hydrogen (secondary N) is 2. The molecule has 0 spiro atoms. The van der Waals surface area contributed by atoms with Gasteiger partial charge in [-0.3, -0.25) is 14.4 Å². The van der Waals surface area contributed by atoms with Crippen molar-refractivity contribution in [2.45, 2.75) is 44.6 Å². The summed E-state index contributed by atoms with van der Waals surface area (Å²) in [6.45, 7) is 0.707. The Balaban J connectivity index is 1.49. The molecular formula is C28H29N3O5. The van der Waals surface area contributed by atoms with Crippen LogP contribution < -0.4 is 25.8 Å². The second kappa shape index (κ2) is 11.9. The molecule has 8 heteroatoms. The molecule has 4 rings (SSSR count). The predicted octanol–water partition coefficient (Wildman–Crippen LogP) is 2.64. The van der Waals surface area contributed by atoms with Crippen molar-refractivity contribution in [2.24, 2.45) is 5.73 Å². The number of carbonyl (C=O) groups is 3. The number of benzene rings is 3. The lowest BCUT2D eigenvalue weighted by molar-refractivity contribution is -0.129. The van der Waals surface area contributed by atoms with Gasteiger partial charge in [-0.1, -0.05) is 66.7 Å². The maximum absolute atomic E-state index is 12.5. The molecule has 8 nitrogen and oxygen atoms in total. The molecule has 1 aliphatic heterocycles. The maximum Gasteiger partial charge on any atom is 0.243 e.